The van der Waals surface area contributed by atoms with Crippen LogP contribution in [0.1, 0.15) is 24.2 Å². The van der Waals surface area contributed by atoms with Crippen LogP contribution in [0.5, 0.6) is 0 Å². The SMILES string of the molecule is CCNC(Cc1cc(F)ccc1Br)c1cnsn1. The van der Waals surface area contributed by atoms with E-state index in [1.165, 1.54) is 17.8 Å². The number of benzene rings is 1. The molecule has 3 nitrogen and oxygen atoms in total. The van der Waals surface area contributed by atoms with Crippen LogP contribution < -0.4 is 5.32 Å². The fourth-order valence-corrected chi connectivity index (χ4v) is 2.65. The summed E-state index contributed by atoms with van der Waals surface area (Å²) in [5.74, 6) is -0.222. The molecule has 2 rings (SSSR count). The van der Waals surface area contributed by atoms with Crippen molar-refractivity contribution >= 4 is 27.7 Å². The van der Waals surface area contributed by atoms with Crippen LogP contribution in [0.25, 0.3) is 0 Å². The van der Waals surface area contributed by atoms with Gasteiger partial charge in [-0.2, -0.15) is 8.75 Å². The minimum Gasteiger partial charge on any atom is -0.309 e. The molecule has 0 radical (unpaired) electrons. The van der Waals surface area contributed by atoms with Gasteiger partial charge in [0.1, 0.15) is 5.82 Å². The first-order chi connectivity index (χ1) is 8.70. The summed E-state index contributed by atoms with van der Waals surface area (Å²) in [5.41, 5.74) is 1.83. The van der Waals surface area contributed by atoms with Gasteiger partial charge in [-0.05, 0) is 36.7 Å². The van der Waals surface area contributed by atoms with E-state index in [0.29, 0.717) is 6.42 Å². The molecule has 1 aromatic heterocycles. The first-order valence-corrected chi connectivity index (χ1v) is 7.17. The molecule has 0 amide bonds. The van der Waals surface area contributed by atoms with Gasteiger partial charge in [0.05, 0.1) is 29.7 Å². The number of nitrogens with zero attached hydrogens (tertiary/aromatic N) is 2. The van der Waals surface area contributed by atoms with Crippen LogP contribution in [0.3, 0.4) is 0 Å². The average molecular weight is 330 g/mol. The molecule has 0 aliphatic rings. The minimum atomic E-state index is -0.222. The standard InChI is InChI=1S/C12H13BrFN3S/c1-2-15-11(12-7-16-18-17-12)6-8-5-9(14)3-4-10(8)13/h3-5,7,11,15H,2,6H2,1H3. The maximum Gasteiger partial charge on any atom is 0.123 e. The van der Waals surface area contributed by atoms with Crippen molar-refractivity contribution in [1.82, 2.24) is 14.1 Å². The Bertz CT molecular complexity index is 504. The van der Waals surface area contributed by atoms with E-state index in [9.17, 15) is 4.39 Å². The van der Waals surface area contributed by atoms with Gasteiger partial charge in [-0.15, -0.1) is 0 Å². The lowest BCUT2D eigenvalue weighted by molar-refractivity contribution is 0.536. The van der Waals surface area contributed by atoms with E-state index >= 15 is 0 Å². The third kappa shape index (κ3) is 3.34. The largest absolute Gasteiger partial charge is 0.309 e. The third-order valence-corrected chi connectivity index (χ3v) is 3.88. The second-order valence-electron chi connectivity index (χ2n) is 3.88. The lowest BCUT2D eigenvalue weighted by Crippen LogP contribution is -2.23. The van der Waals surface area contributed by atoms with E-state index in [1.54, 1.807) is 18.3 Å². The van der Waals surface area contributed by atoms with Crippen molar-refractivity contribution in [1.29, 1.82) is 0 Å². The summed E-state index contributed by atoms with van der Waals surface area (Å²) in [7, 11) is 0. The fraction of sp³-hybridized carbons (Fsp3) is 0.333. The van der Waals surface area contributed by atoms with E-state index in [0.717, 1.165) is 22.3 Å². The maximum atomic E-state index is 13.3. The highest BCUT2D eigenvalue weighted by atomic mass is 79.9. The Morgan fingerprint density at radius 2 is 2.33 bits per heavy atom. The molecule has 2 aromatic rings. The first kappa shape index (κ1) is 13.6. The van der Waals surface area contributed by atoms with Crippen molar-refractivity contribution in [3.8, 4) is 0 Å². The predicted octanol–water partition coefficient (Wildman–Crippen LogP) is 3.33. The zero-order chi connectivity index (χ0) is 13.0. The van der Waals surface area contributed by atoms with E-state index in [2.05, 4.69) is 30.0 Å². The molecule has 1 aromatic carbocycles. The van der Waals surface area contributed by atoms with Gasteiger partial charge < -0.3 is 5.32 Å². The lowest BCUT2D eigenvalue weighted by Gasteiger charge is -2.16. The normalized spacial score (nSPS) is 12.6. The highest BCUT2D eigenvalue weighted by Gasteiger charge is 2.15. The second kappa shape index (κ2) is 6.36. The van der Waals surface area contributed by atoms with Crippen LogP contribution >= 0.6 is 27.7 Å². The van der Waals surface area contributed by atoms with Gasteiger partial charge in [0.25, 0.3) is 0 Å². The summed E-state index contributed by atoms with van der Waals surface area (Å²) < 4.78 is 22.4. The molecule has 1 unspecified atom stereocenters. The Kier molecular flexibility index (Phi) is 4.79. The zero-order valence-corrected chi connectivity index (χ0v) is 12.3. The maximum absolute atomic E-state index is 13.3. The highest BCUT2D eigenvalue weighted by Crippen LogP contribution is 2.24. The monoisotopic (exact) mass is 329 g/mol. The third-order valence-electron chi connectivity index (χ3n) is 2.62. The number of aromatic nitrogens is 2. The molecular weight excluding hydrogens is 317 g/mol. The van der Waals surface area contributed by atoms with E-state index in [1.807, 2.05) is 6.92 Å². The summed E-state index contributed by atoms with van der Waals surface area (Å²) in [4.78, 5) is 0. The molecular formula is C12H13BrFN3S. The van der Waals surface area contributed by atoms with E-state index in [4.69, 9.17) is 0 Å². The number of nitrogens with one attached hydrogen (secondary N) is 1. The smallest absolute Gasteiger partial charge is 0.123 e. The second-order valence-corrected chi connectivity index (χ2v) is 5.29. The van der Waals surface area contributed by atoms with E-state index < -0.39 is 0 Å². The van der Waals surface area contributed by atoms with Crippen molar-refractivity contribution in [3.63, 3.8) is 0 Å². The van der Waals surface area contributed by atoms with Gasteiger partial charge in [-0.3, -0.25) is 0 Å². The molecule has 0 fully saturated rings. The predicted molar refractivity (Wildman–Crippen MR) is 74.1 cm³/mol. The molecule has 18 heavy (non-hydrogen) atoms. The number of hydrogen-bond acceptors (Lipinski definition) is 4. The Morgan fingerprint density at radius 3 is 3.00 bits per heavy atom. The van der Waals surface area contributed by atoms with Gasteiger partial charge >= 0.3 is 0 Å². The molecule has 1 atom stereocenters. The number of halogens is 2. The van der Waals surface area contributed by atoms with Crippen LogP contribution in [0.2, 0.25) is 0 Å². The van der Waals surface area contributed by atoms with Crippen molar-refractivity contribution in [2.24, 2.45) is 0 Å². The Morgan fingerprint density at radius 1 is 1.50 bits per heavy atom. The molecule has 0 bridgehead atoms. The van der Waals surface area contributed by atoms with Gasteiger partial charge in [0, 0.05) is 4.47 Å². The van der Waals surface area contributed by atoms with Crippen LogP contribution in [0.15, 0.2) is 28.9 Å². The van der Waals surface area contributed by atoms with Crippen molar-refractivity contribution in [2.75, 3.05) is 6.54 Å². The molecule has 0 aliphatic heterocycles. The topological polar surface area (TPSA) is 37.8 Å². The molecule has 0 saturated carbocycles. The summed E-state index contributed by atoms with van der Waals surface area (Å²) >= 11 is 4.63. The Hall–Kier alpha value is -0.850. The van der Waals surface area contributed by atoms with Crippen molar-refractivity contribution in [3.05, 3.63) is 45.9 Å². The highest BCUT2D eigenvalue weighted by molar-refractivity contribution is 9.10. The summed E-state index contributed by atoms with van der Waals surface area (Å²) in [5, 5.41) is 3.34. The summed E-state index contributed by atoms with van der Waals surface area (Å²) in [6.45, 7) is 2.86. The number of hydrogen-bond donors (Lipinski definition) is 1. The summed E-state index contributed by atoms with van der Waals surface area (Å²) in [6, 6.07) is 4.79. The molecule has 96 valence electrons. The minimum absolute atomic E-state index is 0.0619. The molecule has 0 saturated heterocycles. The van der Waals surface area contributed by atoms with Crippen LogP contribution in [0, 0.1) is 5.82 Å². The van der Waals surface area contributed by atoms with E-state index in [-0.39, 0.29) is 11.9 Å². The summed E-state index contributed by atoms with van der Waals surface area (Å²) in [6.07, 6.45) is 2.43. The van der Waals surface area contributed by atoms with Crippen molar-refractivity contribution < 1.29 is 4.39 Å². The molecule has 6 heteroatoms. The van der Waals surface area contributed by atoms with Crippen molar-refractivity contribution in [2.45, 2.75) is 19.4 Å². The molecule has 1 heterocycles. The molecule has 0 aliphatic carbocycles. The molecule has 1 N–H and O–H groups in total. The Balaban J connectivity index is 2.21. The van der Waals surface area contributed by atoms with Gasteiger partial charge in [0.15, 0.2) is 0 Å². The quantitative estimate of drug-likeness (QED) is 0.914. The zero-order valence-electron chi connectivity index (χ0n) is 9.86. The number of rotatable bonds is 5. The average Bonchev–Trinajstić information content (AvgIpc) is 2.87. The van der Waals surface area contributed by atoms with Crippen LogP contribution in [-0.2, 0) is 6.42 Å². The fourth-order valence-electron chi connectivity index (χ4n) is 1.77. The molecule has 0 spiro atoms. The van der Waals surface area contributed by atoms with Gasteiger partial charge in [-0.1, -0.05) is 22.9 Å². The van der Waals surface area contributed by atoms with Crippen LogP contribution in [-0.4, -0.2) is 15.3 Å². The Labute approximate surface area is 118 Å². The first-order valence-electron chi connectivity index (χ1n) is 5.65. The van der Waals surface area contributed by atoms with Crippen LogP contribution in [0.4, 0.5) is 4.39 Å². The van der Waals surface area contributed by atoms with Gasteiger partial charge in [0.2, 0.25) is 0 Å². The lowest BCUT2D eigenvalue weighted by atomic mass is 10.0. The number of likely N-dealkylation sites (N-methyl/N-ethyl adjacent to an activating group) is 1. The van der Waals surface area contributed by atoms with Gasteiger partial charge in [-0.25, -0.2) is 4.39 Å².